The topological polar surface area (TPSA) is 34.1 Å². The highest BCUT2D eigenvalue weighted by Crippen LogP contribution is 2.29. The fourth-order valence-corrected chi connectivity index (χ4v) is 2.23. The van der Waals surface area contributed by atoms with Crippen LogP contribution in [0.3, 0.4) is 0 Å². The summed E-state index contributed by atoms with van der Waals surface area (Å²) in [4.78, 5) is 4.20. The highest BCUT2D eigenvalue weighted by molar-refractivity contribution is 6.31. The van der Waals surface area contributed by atoms with Crippen LogP contribution in [0.5, 0.6) is 5.88 Å². The molecule has 0 spiro atoms. The van der Waals surface area contributed by atoms with Crippen LogP contribution in [0.25, 0.3) is 11.1 Å². The summed E-state index contributed by atoms with van der Waals surface area (Å²) in [6.07, 6.45) is 1.78. The molecule has 0 amide bonds. The Balaban J connectivity index is 2.33. The van der Waals surface area contributed by atoms with Gasteiger partial charge in [-0.1, -0.05) is 23.7 Å². The average molecular weight is 277 g/mol. The van der Waals surface area contributed by atoms with Crippen LogP contribution in [0.1, 0.15) is 18.5 Å². The number of halogens is 1. The Hall–Kier alpha value is -1.58. The summed E-state index contributed by atoms with van der Waals surface area (Å²) >= 11 is 6.33. The molecule has 19 heavy (non-hydrogen) atoms. The van der Waals surface area contributed by atoms with Gasteiger partial charge in [0.15, 0.2) is 0 Å². The van der Waals surface area contributed by atoms with Crippen molar-refractivity contribution in [3.8, 4) is 17.0 Å². The summed E-state index contributed by atoms with van der Waals surface area (Å²) < 4.78 is 5.05. The van der Waals surface area contributed by atoms with Gasteiger partial charge >= 0.3 is 0 Å². The largest absolute Gasteiger partial charge is 0.481 e. The van der Waals surface area contributed by atoms with Crippen molar-refractivity contribution >= 4 is 11.6 Å². The van der Waals surface area contributed by atoms with Crippen LogP contribution in [0.15, 0.2) is 36.5 Å². The van der Waals surface area contributed by atoms with Gasteiger partial charge in [0, 0.05) is 28.9 Å². The second-order valence-electron chi connectivity index (χ2n) is 4.34. The first-order valence-electron chi connectivity index (χ1n) is 6.13. The second-order valence-corrected chi connectivity index (χ2v) is 4.74. The summed E-state index contributed by atoms with van der Waals surface area (Å²) in [5.41, 5.74) is 3.16. The molecule has 0 saturated carbocycles. The Labute approximate surface area is 118 Å². The molecular formula is C15H17ClN2O. The highest BCUT2D eigenvalue weighted by atomic mass is 35.5. The monoisotopic (exact) mass is 276 g/mol. The number of pyridine rings is 1. The van der Waals surface area contributed by atoms with Gasteiger partial charge in [-0.15, -0.1) is 0 Å². The van der Waals surface area contributed by atoms with Crippen LogP contribution < -0.4 is 10.1 Å². The third kappa shape index (κ3) is 3.06. The molecular weight excluding hydrogens is 260 g/mol. The molecule has 0 fully saturated rings. The maximum Gasteiger partial charge on any atom is 0.212 e. The summed E-state index contributed by atoms with van der Waals surface area (Å²) in [7, 11) is 3.52. The average Bonchev–Trinajstić information content (AvgIpc) is 2.46. The molecule has 0 aliphatic rings. The molecule has 0 aliphatic carbocycles. The molecule has 1 unspecified atom stereocenters. The zero-order valence-electron chi connectivity index (χ0n) is 11.3. The fraction of sp³-hybridized carbons (Fsp3) is 0.267. The summed E-state index contributed by atoms with van der Waals surface area (Å²) in [6.45, 7) is 2.08. The molecule has 1 aromatic heterocycles. The molecule has 4 heteroatoms. The number of methoxy groups -OCH3 is 1. The summed E-state index contributed by atoms with van der Waals surface area (Å²) in [5.74, 6) is 0.607. The van der Waals surface area contributed by atoms with E-state index in [1.807, 2.05) is 31.3 Å². The first kappa shape index (κ1) is 13.8. The SMILES string of the molecule is CNC(C)c1ccc(-c2ccc(OC)nc2)cc1Cl. The number of hydrogen-bond donors (Lipinski definition) is 1. The van der Waals surface area contributed by atoms with E-state index in [1.165, 1.54) is 0 Å². The van der Waals surface area contributed by atoms with Crippen molar-refractivity contribution < 1.29 is 4.74 Å². The van der Waals surface area contributed by atoms with E-state index < -0.39 is 0 Å². The van der Waals surface area contributed by atoms with Crippen molar-refractivity contribution in [3.05, 3.63) is 47.1 Å². The molecule has 1 aromatic carbocycles. The number of benzene rings is 1. The van der Waals surface area contributed by atoms with Gasteiger partial charge in [-0.2, -0.15) is 0 Å². The van der Waals surface area contributed by atoms with Gasteiger partial charge in [-0.3, -0.25) is 0 Å². The van der Waals surface area contributed by atoms with Gasteiger partial charge in [0.05, 0.1) is 7.11 Å². The van der Waals surface area contributed by atoms with E-state index in [0.29, 0.717) is 5.88 Å². The molecule has 3 nitrogen and oxygen atoms in total. The van der Waals surface area contributed by atoms with Gasteiger partial charge < -0.3 is 10.1 Å². The third-order valence-corrected chi connectivity index (χ3v) is 3.51. The van der Waals surface area contributed by atoms with E-state index in [9.17, 15) is 0 Å². The molecule has 2 rings (SSSR count). The van der Waals surface area contributed by atoms with Crippen molar-refractivity contribution in [2.45, 2.75) is 13.0 Å². The van der Waals surface area contributed by atoms with Crippen LogP contribution >= 0.6 is 11.6 Å². The van der Waals surface area contributed by atoms with Crippen molar-refractivity contribution in [1.29, 1.82) is 0 Å². The van der Waals surface area contributed by atoms with Gasteiger partial charge in [0.1, 0.15) is 0 Å². The molecule has 1 N–H and O–H groups in total. The van der Waals surface area contributed by atoms with Crippen LogP contribution in [-0.2, 0) is 0 Å². The van der Waals surface area contributed by atoms with Crippen LogP contribution in [-0.4, -0.2) is 19.1 Å². The maximum atomic E-state index is 6.33. The minimum atomic E-state index is 0.232. The maximum absolute atomic E-state index is 6.33. The number of ether oxygens (including phenoxy) is 1. The first-order chi connectivity index (χ1) is 9.15. The fourth-order valence-electron chi connectivity index (χ4n) is 1.89. The Kier molecular flexibility index (Phi) is 4.40. The lowest BCUT2D eigenvalue weighted by Gasteiger charge is -2.13. The molecule has 0 saturated heterocycles. The number of nitrogens with one attached hydrogen (secondary N) is 1. The van der Waals surface area contributed by atoms with Gasteiger partial charge in [-0.05, 0) is 37.2 Å². The van der Waals surface area contributed by atoms with E-state index in [-0.39, 0.29) is 6.04 Å². The predicted molar refractivity (Wildman–Crippen MR) is 78.7 cm³/mol. The number of nitrogens with zero attached hydrogens (tertiary/aromatic N) is 1. The van der Waals surface area contributed by atoms with Gasteiger partial charge in [-0.25, -0.2) is 4.98 Å². The Bertz CT molecular complexity index is 555. The highest BCUT2D eigenvalue weighted by Gasteiger charge is 2.09. The van der Waals surface area contributed by atoms with Crippen molar-refractivity contribution in [1.82, 2.24) is 10.3 Å². The molecule has 1 heterocycles. The Morgan fingerprint density at radius 1 is 1.21 bits per heavy atom. The third-order valence-electron chi connectivity index (χ3n) is 3.18. The standard InChI is InChI=1S/C15H17ClN2O/c1-10(17-2)13-6-4-11(8-14(13)16)12-5-7-15(19-3)18-9-12/h4-10,17H,1-3H3. The van der Waals surface area contributed by atoms with E-state index in [2.05, 4.69) is 23.3 Å². The van der Waals surface area contributed by atoms with Crippen LogP contribution in [0, 0.1) is 0 Å². The Morgan fingerprint density at radius 3 is 2.47 bits per heavy atom. The molecule has 0 bridgehead atoms. The van der Waals surface area contributed by atoms with Gasteiger partial charge in [0.25, 0.3) is 0 Å². The molecule has 0 aliphatic heterocycles. The predicted octanol–water partition coefficient (Wildman–Crippen LogP) is 3.69. The number of hydrogen-bond acceptors (Lipinski definition) is 3. The smallest absolute Gasteiger partial charge is 0.212 e. The van der Waals surface area contributed by atoms with Gasteiger partial charge in [0.2, 0.25) is 5.88 Å². The van der Waals surface area contributed by atoms with Crippen LogP contribution in [0.2, 0.25) is 5.02 Å². The zero-order valence-corrected chi connectivity index (χ0v) is 12.0. The normalized spacial score (nSPS) is 12.2. The lowest BCUT2D eigenvalue weighted by molar-refractivity contribution is 0.398. The van der Waals surface area contributed by atoms with Crippen molar-refractivity contribution in [2.75, 3.05) is 14.2 Å². The molecule has 2 aromatic rings. The molecule has 100 valence electrons. The summed E-state index contributed by atoms with van der Waals surface area (Å²) in [5, 5.41) is 3.94. The lowest BCUT2D eigenvalue weighted by Crippen LogP contribution is -2.12. The first-order valence-corrected chi connectivity index (χ1v) is 6.50. The zero-order chi connectivity index (χ0) is 13.8. The lowest BCUT2D eigenvalue weighted by atomic mass is 10.0. The minimum absolute atomic E-state index is 0.232. The molecule has 1 atom stereocenters. The number of rotatable bonds is 4. The van der Waals surface area contributed by atoms with Crippen molar-refractivity contribution in [3.63, 3.8) is 0 Å². The summed E-state index contributed by atoms with van der Waals surface area (Å²) in [6, 6.07) is 10.1. The quantitative estimate of drug-likeness (QED) is 0.925. The van der Waals surface area contributed by atoms with Crippen molar-refractivity contribution in [2.24, 2.45) is 0 Å². The number of aromatic nitrogens is 1. The van der Waals surface area contributed by atoms with E-state index in [1.54, 1.807) is 13.3 Å². The van der Waals surface area contributed by atoms with Crippen LogP contribution in [0.4, 0.5) is 0 Å². The Morgan fingerprint density at radius 2 is 1.95 bits per heavy atom. The minimum Gasteiger partial charge on any atom is -0.481 e. The second kappa shape index (κ2) is 6.04. The van der Waals surface area contributed by atoms with E-state index in [4.69, 9.17) is 16.3 Å². The van der Waals surface area contributed by atoms with E-state index in [0.717, 1.165) is 21.7 Å². The molecule has 0 radical (unpaired) electrons. The van der Waals surface area contributed by atoms with E-state index >= 15 is 0 Å².